The molecule has 1 aliphatic carbocycles. The van der Waals surface area contributed by atoms with Gasteiger partial charge in [0.05, 0.1) is 0 Å². The standard InChI is InChI=1S/C10H20N2O3S/c1-16(15)11-8-7-10(9-12(13)14)5-3-2-4-6-10/h11H,2-9H2,1H3. The predicted molar refractivity (Wildman–Crippen MR) is 64.1 cm³/mol. The summed E-state index contributed by atoms with van der Waals surface area (Å²) in [5.74, 6) is 0. The van der Waals surface area contributed by atoms with E-state index >= 15 is 0 Å². The molecule has 1 saturated carbocycles. The van der Waals surface area contributed by atoms with Crippen molar-refractivity contribution >= 4 is 11.4 Å². The topological polar surface area (TPSA) is 78.2 Å². The summed E-state index contributed by atoms with van der Waals surface area (Å²) in [6.45, 7) is 0.669. The van der Waals surface area contributed by atoms with E-state index in [2.05, 4.69) is 4.72 Å². The maximum Gasteiger partial charge on any atom is 0.209 e. The van der Waals surface area contributed by atoms with Gasteiger partial charge in [0.1, 0.15) is 6.26 Å². The summed E-state index contributed by atoms with van der Waals surface area (Å²) in [5.41, 5.74) is -0.159. The van der Waals surface area contributed by atoms with E-state index in [1.807, 2.05) is 0 Å². The predicted octanol–water partition coefficient (Wildman–Crippen LogP) is 1.49. The number of rotatable bonds is 6. The van der Waals surface area contributed by atoms with Gasteiger partial charge in [0.15, 0.2) is 0 Å². The number of nitro groups is 1. The fourth-order valence-electron chi connectivity index (χ4n) is 2.52. The second kappa shape index (κ2) is 6.42. The molecule has 1 fully saturated rings. The van der Waals surface area contributed by atoms with Crippen molar-refractivity contribution in [2.75, 3.05) is 19.3 Å². The van der Waals surface area contributed by atoms with Crippen molar-refractivity contribution in [3.63, 3.8) is 0 Å². The van der Waals surface area contributed by atoms with Gasteiger partial charge in [-0.3, -0.25) is 10.1 Å². The minimum atomic E-state index is -1.02. The van der Waals surface area contributed by atoms with Crippen LogP contribution in [0.25, 0.3) is 0 Å². The lowest BCUT2D eigenvalue weighted by molar-refractivity contribution is -0.499. The molecule has 5 nitrogen and oxygen atoms in total. The molecule has 16 heavy (non-hydrogen) atoms. The lowest BCUT2D eigenvalue weighted by Gasteiger charge is -2.33. The molecule has 0 aromatic rings. The molecule has 0 spiro atoms. The number of nitrogens with zero attached hydrogens (tertiary/aromatic N) is 1. The fraction of sp³-hybridized carbons (Fsp3) is 1.00. The van der Waals surface area contributed by atoms with E-state index < -0.39 is 11.4 Å². The van der Waals surface area contributed by atoms with E-state index in [0.29, 0.717) is 6.54 Å². The molecule has 0 aromatic carbocycles. The first-order chi connectivity index (χ1) is 7.54. The van der Waals surface area contributed by atoms with E-state index in [4.69, 9.17) is 0 Å². The second-order valence-electron chi connectivity index (χ2n) is 4.65. The summed E-state index contributed by atoms with van der Waals surface area (Å²) >= 11 is -1.02. The molecule has 1 unspecified atom stereocenters. The Hall–Kier alpha value is -0.330. The minimum Gasteiger partial charge on any atom is -0.598 e. The van der Waals surface area contributed by atoms with Gasteiger partial charge in [-0.25, -0.2) is 0 Å². The lowest BCUT2D eigenvalue weighted by atomic mass is 9.72. The number of hydrogen-bond donors (Lipinski definition) is 1. The summed E-state index contributed by atoms with van der Waals surface area (Å²) in [6.07, 6.45) is 7.57. The van der Waals surface area contributed by atoms with Crippen LogP contribution >= 0.6 is 0 Å². The number of nitrogens with one attached hydrogen (secondary N) is 1. The van der Waals surface area contributed by atoms with E-state index in [0.717, 1.165) is 32.1 Å². The number of hydrogen-bond acceptors (Lipinski definition) is 4. The SMILES string of the molecule is C[S+]([O-])NCCC1(C[N+](=O)[O-])CCCCC1. The molecule has 0 amide bonds. The van der Waals surface area contributed by atoms with Crippen LogP contribution in [0, 0.1) is 15.5 Å². The van der Waals surface area contributed by atoms with Gasteiger partial charge in [0.2, 0.25) is 6.54 Å². The molecule has 1 aliphatic rings. The fourth-order valence-corrected chi connectivity index (χ4v) is 2.91. The van der Waals surface area contributed by atoms with Gasteiger partial charge in [0.25, 0.3) is 0 Å². The highest BCUT2D eigenvalue weighted by atomic mass is 32.2. The molecule has 0 heterocycles. The van der Waals surface area contributed by atoms with Crippen molar-refractivity contribution in [1.82, 2.24) is 4.72 Å². The average Bonchev–Trinajstić information content (AvgIpc) is 2.17. The maximum absolute atomic E-state index is 10.9. The Kier molecular flexibility index (Phi) is 5.51. The van der Waals surface area contributed by atoms with Crippen LogP contribution in [0.5, 0.6) is 0 Å². The Labute approximate surface area is 99.5 Å². The van der Waals surface area contributed by atoms with Crippen LogP contribution in [0.3, 0.4) is 0 Å². The second-order valence-corrected chi connectivity index (χ2v) is 5.85. The van der Waals surface area contributed by atoms with Crippen LogP contribution in [0.2, 0.25) is 0 Å². The van der Waals surface area contributed by atoms with Gasteiger partial charge in [-0.1, -0.05) is 19.3 Å². The van der Waals surface area contributed by atoms with Gasteiger partial charge < -0.3 is 4.55 Å². The highest BCUT2D eigenvalue weighted by Gasteiger charge is 2.36. The van der Waals surface area contributed by atoms with Crippen LogP contribution < -0.4 is 4.72 Å². The average molecular weight is 248 g/mol. The molecule has 1 atom stereocenters. The Morgan fingerprint density at radius 1 is 1.38 bits per heavy atom. The van der Waals surface area contributed by atoms with Gasteiger partial charge in [-0.05, 0) is 19.3 Å². The first kappa shape index (κ1) is 13.7. The molecule has 1 N–H and O–H groups in total. The molecule has 0 radical (unpaired) electrons. The smallest absolute Gasteiger partial charge is 0.209 e. The van der Waals surface area contributed by atoms with Crippen LogP contribution in [0.1, 0.15) is 38.5 Å². The zero-order valence-electron chi connectivity index (χ0n) is 9.74. The quantitative estimate of drug-likeness (QED) is 0.439. The van der Waals surface area contributed by atoms with Crippen molar-refractivity contribution in [1.29, 1.82) is 0 Å². The van der Waals surface area contributed by atoms with E-state index in [1.54, 1.807) is 6.26 Å². The monoisotopic (exact) mass is 248 g/mol. The van der Waals surface area contributed by atoms with Gasteiger partial charge in [-0.15, -0.1) is 4.72 Å². The van der Waals surface area contributed by atoms with Crippen molar-refractivity contribution in [2.45, 2.75) is 38.5 Å². The van der Waals surface area contributed by atoms with Crippen molar-refractivity contribution in [3.8, 4) is 0 Å². The Morgan fingerprint density at radius 3 is 2.50 bits per heavy atom. The molecule has 0 aromatic heterocycles. The van der Waals surface area contributed by atoms with Crippen molar-refractivity contribution < 1.29 is 9.48 Å². The highest BCUT2D eigenvalue weighted by molar-refractivity contribution is 7.88. The largest absolute Gasteiger partial charge is 0.598 e. The van der Waals surface area contributed by atoms with Gasteiger partial charge in [-0.2, -0.15) is 0 Å². The third-order valence-electron chi connectivity index (χ3n) is 3.34. The summed E-state index contributed by atoms with van der Waals surface area (Å²) < 4.78 is 13.7. The highest BCUT2D eigenvalue weighted by Crippen LogP contribution is 2.39. The Morgan fingerprint density at radius 2 is 2.00 bits per heavy atom. The third kappa shape index (κ3) is 4.67. The van der Waals surface area contributed by atoms with Gasteiger partial charge in [0, 0.05) is 28.2 Å². The molecule has 0 saturated heterocycles. The molecule has 0 bridgehead atoms. The maximum atomic E-state index is 10.9. The molecule has 1 rings (SSSR count). The van der Waals surface area contributed by atoms with Crippen molar-refractivity contribution in [2.24, 2.45) is 5.41 Å². The van der Waals surface area contributed by atoms with Crippen LogP contribution in [-0.2, 0) is 11.4 Å². The Balaban J connectivity index is 2.45. The summed E-state index contributed by atoms with van der Waals surface area (Å²) in [5, 5.41) is 10.7. The Bertz CT molecular complexity index is 230. The normalized spacial score (nSPS) is 21.6. The van der Waals surface area contributed by atoms with Crippen LogP contribution in [0.4, 0.5) is 0 Å². The van der Waals surface area contributed by atoms with Crippen molar-refractivity contribution in [3.05, 3.63) is 10.1 Å². The summed E-state index contributed by atoms with van der Waals surface area (Å²) in [6, 6.07) is 0. The van der Waals surface area contributed by atoms with E-state index in [1.165, 1.54) is 6.42 Å². The summed E-state index contributed by atoms with van der Waals surface area (Å²) in [7, 11) is 0. The first-order valence-corrected chi connectivity index (χ1v) is 7.29. The molecular weight excluding hydrogens is 228 g/mol. The third-order valence-corrected chi connectivity index (χ3v) is 3.95. The zero-order valence-corrected chi connectivity index (χ0v) is 10.6. The lowest BCUT2D eigenvalue weighted by Crippen LogP contribution is -2.36. The van der Waals surface area contributed by atoms with E-state index in [-0.39, 0.29) is 16.9 Å². The summed E-state index contributed by atoms with van der Waals surface area (Å²) in [4.78, 5) is 10.5. The van der Waals surface area contributed by atoms with Gasteiger partial charge >= 0.3 is 0 Å². The molecule has 94 valence electrons. The molecule has 0 aliphatic heterocycles. The van der Waals surface area contributed by atoms with E-state index in [9.17, 15) is 14.7 Å². The first-order valence-electron chi connectivity index (χ1n) is 5.73. The van der Waals surface area contributed by atoms with Crippen LogP contribution in [-0.4, -0.2) is 28.8 Å². The molecular formula is C10H20N2O3S. The zero-order chi connectivity index (χ0) is 12.0. The molecule has 6 heteroatoms. The minimum absolute atomic E-state index is 0.0605. The van der Waals surface area contributed by atoms with Crippen LogP contribution in [0.15, 0.2) is 0 Å².